The van der Waals surface area contributed by atoms with E-state index in [-0.39, 0.29) is 29.6 Å². The van der Waals surface area contributed by atoms with Crippen LogP contribution < -0.4 is 10.6 Å². The van der Waals surface area contributed by atoms with Gasteiger partial charge in [-0.25, -0.2) is 9.37 Å². The number of carbonyl (C=O) groups is 3. The van der Waals surface area contributed by atoms with Gasteiger partial charge in [0.15, 0.2) is 0 Å². The molecule has 10 heteroatoms. The molecule has 0 radical (unpaired) electrons. The average molecular weight is 619 g/mol. The van der Waals surface area contributed by atoms with E-state index in [1.807, 2.05) is 62.3 Å². The van der Waals surface area contributed by atoms with Crippen LogP contribution in [0.5, 0.6) is 0 Å². The third-order valence-corrected chi connectivity index (χ3v) is 8.69. The Morgan fingerprint density at radius 1 is 1.09 bits per heavy atom. The molecule has 2 N–H and O–H groups in total. The Kier molecular flexibility index (Phi) is 10.8. The molecule has 2 heterocycles. The van der Waals surface area contributed by atoms with Crippen LogP contribution in [-0.2, 0) is 16.0 Å². The maximum atomic E-state index is 14.1. The molecule has 0 aliphatic carbocycles. The van der Waals surface area contributed by atoms with Crippen LogP contribution in [0.1, 0.15) is 67.7 Å². The number of imidazole rings is 1. The molecule has 45 heavy (non-hydrogen) atoms. The summed E-state index contributed by atoms with van der Waals surface area (Å²) in [5.74, 6) is -0.928. The quantitative estimate of drug-likeness (QED) is 0.331. The zero-order valence-corrected chi connectivity index (χ0v) is 27.6. The monoisotopic (exact) mass is 618 g/mol. The molecule has 3 aromatic rings. The summed E-state index contributed by atoms with van der Waals surface area (Å²) in [6.45, 7) is 12.9. The van der Waals surface area contributed by atoms with Crippen molar-refractivity contribution in [3.8, 4) is 5.69 Å². The Hall–Kier alpha value is -4.05. The highest BCUT2D eigenvalue weighted by Crippen LogP contribution is 2.27. The van der Waals surface area contributed by atoms with Crippen LogP contribution in [0, 0.1) is 25.1 Å². The number of likely N-dealkylation sites (N-methyl/N-ethyl adjacent to an activating group) is 1. The number of nitrogens with one attached hydrogen (secondary N) is 2. The third-order valence-electron chi connectivity index (χ3n) is 8.69. The van der Waals surface area contributed by atoms with Crippen LogP contribution >= 0.6 is 0 Å². The first kappa shape index (κ1) is 33.8. The third kappa shape index (κ3) is 8.16. The van der Waals surface area contributed by atoms with Gasteiger partial charge in [0.1, 0.15) is 23.9 Å². The Bertz CT molecular complexity index is 1480. The number of carbonyl (C=O) groups excluding carboxylic acids is 3. The van der Waals surface area contributed by atoms with Crippen molar-refractivity contribution in [3.63, 3.8) is 0 Å². The highest BCUT2D eigenvalue weighted by Gasteiger charge is 2.41. The summed E-state index contributed by atoms with van der Waals surface area (Å²) in [7, 11) is 1.71. The number of rotatable bonds is 11. The van der Waals surface area contributed by atoms with Crippen molar-refractivity contribution in [2.75, 3.05) is 26.7 Å². The number of likely N-dealkylation sites (tertiary alicyclic amines) is 1. The number of para-hydroxylation sites is 1. The topological polar surface area (TPSA) is 99.6 Å². The zero-order valence-electron chi connectivity index (χ0n) is 27.6. The highest BCUT2D eigenvalue weighted by molar-refractivity contribution is 5.93. The maximum Gasteiger partial charge on any atom is 0.274 e. The van der Waals surface area contributed by atoms with E-state index < -0.39 is 17.5 Å². The van der Waals surface area contributed by atoms with E-state index in [9.17, 15) is 18.8 Å². The van der Waals surface area contributed by atoms with E-state index in [0.29, 0.717) is 31.7 Å². The number of hydrogen-bond acceptors (Lipinski definition) is 5. The largest absolute Gasteiger partial charge is 0.342 e. The molecule has 1 aliphatic rings. The molecule has 242 valence electrons. The van der Waals surface area contributed by atoms with E-state index in [4.69, 9.17) is 0 Å². The van der Waals surface area contributed by atoms with Gasteiger partial charge in [-0.2, -0.15) is 0 Å². The molecule has 0 saturated carbocycles. The first-order valence-electron chi connectivity index (χ1n) is 15.7. The number of benzene rings is 2. The molecule has 0 spiro atoms. The maximum absolute atomic E-state index is 14.1. The molecular formula is C35H47FN6O3. The van der Waals surface area contributed by atoms with Crippen LogP contribution in [-0.4, -0.2) is 81.9 Å². The molecule has 1 aromatic heterocycles. The molecule has 0 bridgehead atoms. The van der Waals surface area contributed by atoms with E-state index in [0.717, 1.165) is 35.2 Å². The fourth-order valence-corrected chi connectivity index (χ4v) is 5.90. The lowest BCUT2D eigenvalue weighted by atomic mass is 9.85. The second-order valence-electron chi connectivity index (χ2n) is 13.2. The lowest BCUT2D eigenvalue weighted by Crippen LogP contribution is -2.59. The standard InChI is InChI=1S/C35H47FN6O3/c1-23-10-8-11-24(2)30(23)41-21-29(38-22-41)33(44)40(19-17-26-13-15-27(36)16-14-26)20-28-12-9-18-42(28)34(45)31(35(4,5)6)39-32(43)25(3)37-7/h8,10-11,13-16,21-22,25,28,31,37H,9,12,17-20H2,1-7H3,(H,39,43). The molecule has 4 rings (SSSR count). The summed E-state index contributed by atoms with van der Waals surface area (Å²) < 4.78 is 15.5. The predicted molar refractivity (Wildman–Crippen MR) is 174 cm³/mol. The minimum atomic E-state index is -0.724. The lowest BCUT2D eigenvalue weighted by molar-refractivity contribution is -0.140. The van der Waals surface area contributed by atoms with Gasteiger partial charge in [-0.3, -0.25) is 14.4 Å². The van der Waals surface area contributed by atoms with Crippen LogP contribution in [0.15, 0.2) is 55.0 Å². The van der Waals surface area contributed by atoms with Gasteiger partial charge in [-0.15, -0.1) is 0 Å². The van der Waals surface area contributed by atoms with Gasteiger partial charge in [0.05, 0.1) is 11.7 Å². The first-order valence-corrected chi connectivity index (χ1v) is 15.7. The van der Waals surface area contributed by atoms with Crippen LogP contribution in [0.25, 0.3) is 5.69 Å². The number of amides is 3. The minimum absolute atomic E-state index is 0.146. The van der Waals surface area contributed by atoms with Crippen molar-refractivity contribution in [2.24, 2.45) is 5.41 Å². The van der Waals surface area contributed by atoms with Crippen LogP contribution in [0.2, 0.25) is 0 Å². The lowest BCUT2D eigenvalue weighted by Gasteiger charge is -2.37. The fraction of sp³-hybridized carbons (Fsp3) is 0.486. The second kappa shape index (κ2) is 14.4. The van der Waals surface area contributed by atoms with Crippen molar-refractivity contribution in [2.45, 2.75) is 78.9 Å². The smallest absolute Gasteiger partial charge is 0.274 e. The number of nitrogens with zero attached hydrogens (tertiary/aromatic N) is 4. The van der Waals surface area contributed by atoms with Gasteiger partial charge in [0.25, 0.3) is 5.91 Å². The first-order chi connectivity index (χ1) is 21.3. The van der Waals surface area contributed by atoms with Gasteiger partial charge in [-0.1, -0.05) is 51.1 Å². The van der Waals surface area contributed by atoms with E-state index >= 15 is 0 Å². The molecule has 1 aliphatic heterocycles. The number of hydrogen-bond donors (Lipinski definition) is 2. The van der Waals surface area contributed by atoms with Gasteiger partial charge < -0.3 is 25.0 Å². The number of halogens is 1. The van der Waals surface area contributed by atoms with Crippen molar-refractivity contribution >= 4 is 17.7 Å². The van der Waals surface area contributed by atoms with Crippen molar-refractivity contribution in [1.82, 2.24) is 30.0 Å². The molecule has 1 saturated heterocycles. The second-order valence-corrected chi connectivity index (χ2v) is 13.2. The molecule has 3 atom stereocenters. The van der Waals surface area contributed by atoms with Crippen molar-refractivity contribution in [1.29, 1.82) is 0 Å². The van der Waals surface area contributed by atoms with Crippen molar-refractivity contribution in [3.05, 3.63) is 83.2 Å². The summed E-state index contributed by atoms with van der Waals surface area (Å²) in [4.78, 5) is 49.0. The summed E-state index contributed by atoms with van der Waals surface area (Å²) in [5, 5.41) is 5.90. The number of aromatic nitrogens is 2. The minimum Gasteiger partial charge on any atom is -0.342 e. The van der Waals surface area contributed by atoms with Gasteiger partial charge in [0, 0.05) is 31.9 Å². The molecule has 9 nitrogen and oxygen atoms in total. The normalized spacial score (nSPS) is 16.4. The average Bonchev–Trinajstić information content (AvgIpc) is 3.67. The molecule has 3 unspecified atom stereocenters. The van der Waals surface area contributed by atoms with E-state index in [1.54, 1.807) is 43.5 Å². The summed E-state index contributed by atoms with van der Waals surface area (Å²) in [5.41, 5.74) is 3.83. The van der Waals surface area contributed by atoms with Crippen LogP contribution in [0.3, 0.4) is 0 Å². The Balaban J connectivity index is 1.59. The zero-order chi connectivity index (χ0) is 32.9. The predicted octanol–water partition coefficient (Wildman–Crippen LogP) is 4.44. The molecule has 3 amide bonds. The van der Waals surface area contributed by atoms with E-state index in [2.05, 4.69) is 15.6 Å². The van der Waals surface area contributed by atoms with Crippen LogP contribution in [0.4, 0.5) is 4.39 Å². The Morgan fingerprint density at radius 2 is 1.76 bits per heavy atom. The Labute approximate surface area is 266 Å². The highest BCUT2D eigenvalue weighted by atomic mass is 19.1. The molecule has 1 fully saturated rings. The van der Waals surface area contributed by atoms with Crippen molar-refractivity contribution < 1.29 is 18.8 Å². The molecular weight excluding hydrogens is 571 g/mol. The Morgan fingerprint density at radius 3 is 2.38 bits per heavy atom. The van der Waals surface area contributed by atoms with Gasteiger partial charge in [-0.05, 0) is 81.3 Å². The molecule has 2 aromatic carbocycles. The van der Waals surface area contributed by atoms with E-state index in [1.165, 1.54) is 12.1 Å². The summed E-state index contributed by atoms with van der Waals surface area (Å²) in [6.07, 6.45) is 5.48. The fourth-order valence-electron chi connectivity index (χ4n) is 5.90. The van der Waals surface area contributed by atoms with Gasteiger partial charge in [0.2, 0.25) is 11.8 Å². The number of aryl methyl sites for hydroxylation is 2. The summed E-state index contributed by atoms with van der Waals surface area (Å²) >= 11 is 0. The SMILES string of the molecule is CNC(C)C(=O)NC(C(=O)N1CCCC1CN(CCc1ccc(F)cc1)C(=O)c1cn(-c2c(C)cccc2C)cn1)C(C)(C)C. The van der Waals surface area contributed by atoms with Gasteiger partial charge >= 0.3 is 0 Å². The summed E-state index contributed by atoms with van der Waals surface area (Å²) in [6, 6.07) is 10.9.